The van der Waals surface area contributed by atoms with Crippen molar-refractivity contribution in [3.05, 3.63) is 30.1 Å². The molecule has 2 saturated heterocycles. The van der Waals surface area contributed by atoms with Crippen molar-refractivity contribution in [3.8, 4) is 5.75 Å². The second kappa shape index (κ2) is 9.85. The van der Waals surface area contributed by atoms with Gasteiger partial charge in [0.15, 0.2) is 0 Å². The first-order valence-corrected chi connectivity index (χ1v) is 11.4. The van der Waals surface area contributed by atoms with Gasteiger partial charge in [0.05, 0.1) is 13.2 Å². The fourth-order valence-corrected chi connectivity index (χ4v) is 4.74. The zero-order valence-corrected chi connectivity index (χ0v) is 18.2. The Morgan fingerprint density at radius 1 is 1.13 bits per heavy atom. The first kappa shape index (κ1) is 21.9. The fourth-order valence-electron chi connectivity index (χ4n) is 4.74. The molecular formula is C23H32FN3O4. The second-order valence-electron chi connectivity index (χ2n) is 8.60. The Morgan fingerprint density at radius 3 is 2.68 bits per heavy atom. The third-order valence-electron chi connectivity index (χ3n) is 6.58. The minimum absolute atomic E-state index is 0.0474. The summed E-state index contributed by atoms with van der Waals surface area (Å²) in [6.07, 6.45) is 4.23. The molecule has 4 rings (SSSR count). The van der Waals surface area contributed by atoms with Gasteiger partial charge in [0.2, 0.25) is 5.91 Å². The van der Waals surface area contributed by atoms with Gasteiger partial charge in [-0.15, -0.1) is 0 Å². The Labute approximate surface area is 183 Å². The summed E-state index contributed by atoms with van der Waals surface area (Å²) >= 11 is 0. The van der Waals surface area contributed by atoms with Gasteiger partial charge in [-0.1, -0.05) is 12.5 Å². The van der Waals surface area contributed by atoms with Crippen LogP contribution in [0.1, 0.15) is 39.0 Å². The van der Waals surface area contributed by atoms with Crippen LogP contribution in [-0.4, -0.2) is 84.2 Å². The molecule has 0 spiro atoms. The van der Waals surface area contributed by atoms with Crippen LogP contribution in [0.5, 0.6) is 5.75 Å². The number of likely N-dealkylation sites (tertiary alicyclic amines) is 1. The van der Waals surface area contributed by atoms with Crippen LogP contribution < -0.4 is 4.74 Å². The van der Waals surface area contributed by atoms with Crippen molar-refractivity contribution in [2.75, 3.05) is 39.3 Å². The van der Waals surface area contributed by atoms with Crippen LogP contribution in [0.15, 0.2) is 24.3 Å². The number of rotatable bonds is 5. The Kier molecular flexibility index (Phi) is 6.95. The van der Waals surface area contributed by atoms with Crippen LogP contribution in [0.4, 0.5) is 9.18 Å². The highest BCUT2D eigenvalue weighted by molar-refractivity contribution is 5.86. The molecule has 0 aromatic heterocycles. The summed E-state index contributed by atoms with van der Waals surface area (Å²) in [5, 5.41) is 0. The zero-order valence-electron chi connectivity index (χ0n) is 18.2. The summed E-state index contributed by atoms with van der Waals surface area (Å²) in [4.78, 5) is 31.9. The lowest BCUT2D eigenvalue weighted by atomic mass is 9.91. The van der Waals surface area contributed by atoms with Gasteiger partial charge < -0.3 is 14.4 Å². The number of ether oxygens (including phenoxy) is 2. The molecule has 2 unspecified atom stereocenters. The number of carbonyl (C=O) groups excluding carboxylic acids is 2. The Bertz CT molecular complexity index is 788. The average molecular weight is 434 g/mol. The minimum Gasteiger partial charge on any atom is -0.488 e. The van der Waals surface area contributed by atoms with Crippen molar-refractivity contribution >= 4 is 12.0 Å². The normalized spacial score (nSPS) is 25.1. The van der Waals surface area contributed by atoms with E-state index in [4.69, 9.17) is 9.47 Å². The quantitative estimate of drug-likeness (QED) is 0.715. The molecule has 1 aliphatic carbocycles. The predicted octanol–water partition coefficient (Wildman–Crippen LogP) is 2.89. The summed E-state index contributed by atoms with van der Waals surface area (Å²) in [6.45, 7) is 5.51. The van der Waals surface area contributed by atoms with Crippen LogP contribution >= 0.6 is 0 Å². The molecule has 0 N–H and O–H groups in total. The maximum Gasteiger partial charge on any atom is 0.410 e. The molecule has 3 fully saturated rings. The van der Waals surface area contributed by atoms with E-state index in [0.29, 0.717) is 31.3 Å². The van der Waals surface area contributed by atoms with Gasteiger partial charge in [0, 0.05) is 44.7 Å². The summed E-state index contributed by atoms with van der Waals surface area (Å²) in [6, 6.07) is 5.97. The van der Waals surface area contributed by atoms with E-state index in [-0.39, 0.29) is 24.9 Å². The van der Waals surface area contributed by atoms with Gasteiger partial charge >= 0.3 is 6.09 Å². The van der Waals surface area contributed by atoms with E-state index in [2.05, 4.69) is 4.90 Å². The SMILES string of the molecule is CCOC(=O)N1CC(Oc2cccc(F)c2)CC1C(=O)N1CCCN(C2CCC2)CC1. The van der Waals surface area contributed by atoms with Gasteiger partial charge in [0.1, 0.15) is 23.7 Å². The number of nitrogens with zero attached hydrogens (tertiary/aromatic N) is 3. The Hall–Kier alpha value is -2.35. The van der Waals surface area contributed by atoms with E-state index >= 15 is 0 Å². The molecule has 2 atom stereocenters. The molecule has 2 heterocycles. The van der Waals surface area contributed by atoms with Crippen LogP contribution in [0.25, 0.3) is 0 Å². The average Bonchev–Trinajstić information content (AvgIpc) is 2.97. The van der Waals surface area contributed by atoms with E-state index in [1.54, 1.807) is 19.1 Å². The first-order chi connectivity index (χ1) is 15.0. The van der Waals surface area contributed by atoms with E-state index in [1.807, 2.05) is 4.90 Å². The van der Waals surface area contributed by atoms with Gasteiger partial charge in [0.25, 0.3) is 0 Å². The third kappa shape index (κ3) is 5.11. The van der Waals surface area contributed by atoms with Gasteiger partial charge in [-0.25, -0.2) is 9.18 Å². The van der Waals surface area contributed by atoms with E-state index in [0.717, 1.165) is 19.5 Å². The molecule has 7 nitrogen and oxygen atoms in total. The van der Waals surface area contributed by atoms with Crippen molar-refractivity contribution in [1.29, 1.82) is 0 Å². The number of hydrogen-bond donors (Lipinski definition) is 0. The molecule has 31 heavy (non-hydrogen) atoms. The lowest BCUT2D eigenvalue weighted by Crippen LogP contribution is -2.49. The molecule has 8 heteroatoms. The van der Waals surface area contributed by atoms with Gasteiger partial charge in [-0.05, 0) is 38.3 Å². The molecule has 0 bridgehead atoms. The molecule has 2 amide bonds. The lowest BCUT2D eigenvalue weighted by molar-refractivity contribution is -0.135. The summed E-state index contributed by atoms with van der Waals surface area (Å²) in [5.74, 6) is -0.0346. The third-order valence-corrected chi connectivity index (χ3v) is 6.58. The highest BCUT2D eigenvalue weighted by atomic mass is 19.1. The molecule has 2 aliphatic heterocycles. The maximum absolute atomic E-state index is 13.5. The minimum atomic E-state index is -0.618. The number of amides is 2. The Morgan fingerprint density at radius 2 is 1.97 bits per heavy atom. The fraction of sp³-hybridized carbons (Fsp3) is 0.652. The van der Waals surface area contributed by atoms with Crippen molar-refractivity contribution in [3.63, 3.8) is 0 Å². The number of halogens is 1. The van der Waals surface area contributed by atoms with Gasteiger partial charge in [-0.2, -0.15) is 0 Å². The number of hydrogen-bond acceptors (Lipinski definition) is 5. The summed E-state index contributed by atoms with van der Waals surface area (Å²) in [5.41, 5.74) is 0. The number of carbonyl (C=O) groups is 2. The van der Waals surface area contributed by atoms with Crippen LogP contribution in [-0.2, 0) is 9.53 Å². The van der Waals surface area contributed by atoms with Crippen molar-refractivity contribution in [1.82, 2.24) is 14.7 Å². The van der Waals surface area contributed by atoms with E-state index < -0.39 is 18.2 Å². The smallest absolute Gasteiger partial charge is 0.410 e. The first-order valence-electron chi connectivity index (χ1n) is 11.4. The van der Waals surface area contributed by atoms with Crippen LogP contribution in [0.2, 0.25) is 0 Å². The highest BCUT2D eigenvalue weighted by Gasteiger charge is 2.43. The molecule has 1 aromatic rings. The standard InChI is InChI=1S/C23H32FN3O4/c1-2-30-23(29)27-16-20(31-19-9-3-6-17(24)14-19)15-21(27)22(28)26-11-5-10-25(12-13-26)18-7-4-8-18/h3,6,9,14,18,20-21H,2,4-5,7-8,10-13,15-16H2,1H3. The van der Waals surface area contributed by atoms with E-state index in [9.17, 15) is 14.0 Å². The largest absolute Gasteiger partial charge is 0.488 e. The molecule has 170 valence electrons. The number of benzene rings is 1. The monoisotopic (exact) mass is 433 g/mol. The zero-order chi connectivity index (χ0) is 21.8. The van der Waals surface area contributed by atoms with E-state index in [1.165, 1.54) is 36.3 Å². The van der Waals surface area contributed by atoms with Crippen molar-refractivity contribution in [2.24, 2.45) is 0 Å². The maximum atomic E-state index is 13.5. The second-order valence-corrected chi connectivity index (χ2v) is 8.60. The summed E-state index contributed by atoms with van der Waals surface area (Å²) < 4.78 is 24.6. The van der Waals surface area contributed by atoms with Gasteiger partial charge in [-0.3, -0.25) is 14.6 Å². The van der Waals surface area contributed by atoms with Crippen molar-refractivity contribution < 1.29 is 23.5 Å². The molecular weight excluding hydrogens is 401 g/mol. The lowest BCUT2D eigenvalue weighted by Gasteiger charge is -2.36. The van der Waals surface area contributed by atoms with Crippen molar-refractivity contribution in [2.45, 2.75) is 57.2 Å². The van der Waals surface area contributed by atoms with Crippen LogP contribution in [0, 0.1) is 5.82 Å². The molecule has 3 aliphatic rings. The Balaban J connectivity index is 1.43. The molecule has 1 aromatic carbocycles. The highest BCUT2D eigenvalue weighted by Crippen LogP contribution is 2.28. The molecule has 1 saturated carbocycles. The summed E-state index contributed by atoms with van der Waals surface area (Å²) in [7, 11) is 0. The molecule has 0 radical (unpaired) electrons. The topological polar surface area (TPSA) is 62.3 Å². The predicted molar refractivity (Wildman–Crippen MR) is 113 cm³/mol. The van der Waals surface area contributed by atoms with Crippen LogP contribution in [0.3, 0.4) is 0 Å².